The van der Waals surface area contributed by atoms with Crippen LogP contribution in [0.3, 0.4) is 0 Å². The van der Waals surface area contributed by atoms with Crippen LogP contribution in [0.1, 0.15) is 26.2 Å². The molecular weight excluding hydrogens is 283 g/mol. The summed E-state index contributed by atoms with van der Waals surface area (Å²) in [7, 11) is 0. The second kappa shape index (κ2) is 6.22. The molecular formula is C14H16ClFN2O2. The largest absolute Gasteiger partial charge is 0.339 e. The first-order valence-electron chi connectivity index (χ1n) is 6.49. The second-order valence-corrected chi connectivity index (χ2v) is 5.28. The van der Waals surface area contributed by atoms with Crippen LogP contribution in [0.25, 0.3) is 0 Å². The Morgan fingerprint density at radius 1 is 1.45 bits per heavy atom. The van der Waals surface area contributed by atoms with Crippen molar-refractivity contribution in [1.82, 2.24) is 4.90 Å². The van der Waals surface area contributed by atoms with E-state index >= 15 is 0 Å². The van der Waals surface area contributed by atoms with E-state index in [1.54, 1.807) is 4.90 Å². The molecule has 1 aromatic rings. The van der Waals surface area contributed by atoms with Crippen molar-refractivity contribution >= 4 is 29.1 Å². The third kappa shape index (κ3) is 3.93. The van der Waals surface area contributed by atoms with Crippen LogP contribution in [0.15, 0.2) is 18.2 Å². The lowest BCUT2D eigenvalue weighted by Crippen LogP contribution is -2.33. The van der Waals surface area contributed by atoms with Gasteiger partial charge in [0.1, 0.15) is 5.82 Å². The molecule has 1 fully saturated rings. The van der Waals surface area contributed by atoms with Crippen molar-refractivity contribution in [1.29, 1.82) is 0 Å². The highest BCUT2D eigenvalue weighted by Crippen LogP contribution is 2.27. The molecule has 0 radical (unpaired) electrons. The number of hydrogen-bond donors (Lipinski definition) is 1. The molecule has 2 rings (SSSR count). The van der Waals surface area contributed by atoms with Gasteiger partial charge in [-0.3, -0.25) is 9.59 Å². The third-order valence-electron chi connectivity index (χ3n) is 3.18. The van der Waals surface area contributed by atoms with Crippen LogP contribution in [0.4, 0.5) is 10.1 Å². The first-order chi connectivity index (χ1) is 9.47. The Labute approximate surface area is 121 Å². The number of benzene rings is 1. The van der Waals surface area contributed by atoms with Crippen LogP contribution < -0.4 is 5.32 Å². The van der Waals surface area contributed by atoms with E-state index in [0.29, 0.717) is 18.3 Å². The molecule has 0 aromatic heterocycles. The Morgan fingerprint density at radius 2 is 2.15 bits per heavy atom. The third-order valence-corrected chi connectivity index (χ3v) is 3.46. The summed E-state index contributed by atoms with van der Waals surface area (Å²) >= 11 is 5.64. The molecule has 0 atom stereocenters. The van der Waals surface area contributed by atoms with Gasteiger partial charge in [0, 0.05) is 31.6 Å². The van der Waals surface area contributed by atoms with Crippen molar-refractivity contribution < 1.29 is 14.0 Å². The first kappa shape index (κ1) is 14.8. The van der Waals surface area contributed by atoms with Crippen molar-refractivity contribution in [2.24, 2.45) is 0 Å². The van der Waals surface area contributed by atoms with Gasteiger partial charge < -0.3 is 10.2 Å². The fourth-order valence-corrected chi connectivity index (χ4v) is 2.18. The summed E-state index contributed by atoms with van der Waals surface area (Å²) in [5.41, 5.74) is 0.446. The predicted molar refractivity (Wildman–Crippen MR) is 75.1 cm³/mol. The summed E-state index contributed by atoms with van der Waals surface area (Å²) in [5, 5.41) is 2.60. The summed E-state index contributed by atoms with van der Waals surface area (Å²) in [6, 6.07) is 4.30. The zero-order valence-corrected chi connectivity index (χ0v) is 11.9. The molecule has 1 aromatic carbocycles. The fraction of sp³-hybridized carbons (Fsp3) is 0.429. The Morgan fingerprint density at radius 3 is 2.70 bits per heavy atom. The van der Waals surface area contributed by atoms with E-state index in [9.17, 15) is 14.0 Å². The van der Waals surface area contributed by atoms with Gasteiger partial charge in [-0.15, -0.1) is 0 Å². The maximum atomic E-state index is 13.0. The molecule has 1 aliphatic rings. The van der Waals surface area contributed by atoms with Crippen LogP contribution in [-0.4, -0.2) is 29.3 Å². The van der Waals surface area contributed by atoms with Gasteiger partial charge in [-0.1, -0.05) is 11.6 Å². The van der Waals surface area contributed by atoms with Crippen LogP contribution in [0.2, 0.25) is 5.02 Å². The smallest absolute Gasteiger partial charge is 0.226 e. The summed E-state index contributed by atoms with van der Waals surface area (Å²) in [6.07, 6.45) is 2.23. The van der Waals surface area contributed by atoms with Crippen molar-refractivity contribution in [2.75, 3.05) is 11.9 Å². The van der Waals surface area contributed by atoms with Crippen LogP contribution in [0.5, 0.6) is 0 Å². The van der Waals surface area contributed by atoms with E-state index in [4.69, 9.17) is 11.6 Å². The molecule has 0 spiro atoms. The molecule has 4 nitrogen and oxygen atoms in total. The number of carbonyl (C=O) groups is 2. The number of rotatable bonds is 5. The summed E-state index contributed by atoms with van der Waals surface area (Å²) in [4.78, 5) is 24.9. The van der Waals surface area contributed by atoms with Gasteiger partial charge in [-0.2, -0.15) is 0 Å². The van der Waals surface area contributed by atoms with Crippen molar-refractivity contribution in [3.05, 3.63) is 29.0 Å². The SMILES string of the molecule is CC(=O)N(CCC(=O)Nc1ccc(F)c(Cl)c1)C1CC1. The van der Waals surface area contributed by atoms with E-state index in [1.165, 1.54) is 25.1 Å². The van der Waals surface area contributed by atoms with Crippen molar-refractivity contribution in [3.63, 3.8) is 0 Å². The number of amides is 2. The number of nitrogens with zero attached hydrogens (tertiary/aromatic N) is 1. The van der Waals surface area contributed by atoms with E-state index in [2.05, 4.69) is 5.32 Å². The molecule has 0 heterocycles. The van der Waals surface area contributed by atoms with Gasteiger partial charge in [0.25, 0.3) is 0 Å². The first-order valence-corrected chi connectivity index (χ1v) is 6.87. The fourth-order valence-electron chi connectivity index (χ4n) is 2.00. The van der Waals surface area contributed by atoms with Gasteiger partial charge in [0.15, 0.2) is 0 Å². The standard InChI is InChI=1S/C14H16ClFN2O2/c1-9(19)18(11-3-4-11)7-6-14(20)17-10-2-5-13(16)12(15)8-10/h2,5,8,11H,3-4,6-7H2,1H3,(H,17,20). The molecule has 108 valence electrons. The Balaban J connectivity index is 1.85. The van der Waals surface area contributed by atoms with Crippen molar-refractivity contribution in [2.45, 2.75) is 32.2 Å². The minimum atomic E-state index is -0.527. The molecule has 0 saturated heterocycles. The molecule has 1 aliphatic carbocycles. The van der Waals surface area contributed by atoms with Gasteiger partial charge in [-0.25, -0.2) is 4.39 Å². The topological polar surface area (TPSA) is 49.4 Å². The lowest BCUT2D eigenvalue weighted by molar-refractivity contribution is -0.129. The number of hydrogen-bond acceptors (Lipinski definition) is 2. The molecule has 0 aliphatic heterocycles. The van der Waals surface area contributed by atoms with E-state index < -0.39 is 5.82 Å². The molecule has 2 amide bonds. The monoisotopic (exact) mass is 298 g/mol. The minimum absolute atomic E-state index is 0.00914. The molecule has 0 unspecified atom stereocenters. The second-order valence-electron chi connectivity index (χ2n) is 4.87. The Hall–Kier alpha value is -1.62. The van der Waals surface area contributed by atoms with E-state index in [1.807, 2.05) is 0 Å². The molecule has 1 N–H and O–H groups in total. The van der Waals surface area contributed by atoms with Gasteiger partial charge in [0.2, 0.25) is 11.8 Å². The average Bonchev–Trinajstić information content (AvgIpc) is 3.18. The summed E-state index contributed by atoms with van der Waals surface area (Å²) in [5.74, 6) is -0.758. The van der Waals surface area contributed by atoms with Crippen LogP contribution >= 0.6 is 11.6 Å². The molecule has 6 heteroatoms. The molecule has 20 heavy (non-hydrogen) atoms. The summed E-state index contributed by atoms with van der Waals surface area (Å²) < 4.78 is 13.0. The van der Waals surface area contributed by atoms with Gasteiger partial charge in [-0.05, 0) is 31.0 Å². The van der Waals surface area contributed by atoms with Crippen LogP contribution in [0, 0.1) is 5.82 Å². The van der Waals surface area contributed by atoms with Crippen LogP contribution in [-0.2, 0) is 9.59 Å². The number of anilines is 1. The maximum absolute atomic E-state index is 13.0. The highest BCUT2D eigenvalue weighted by molar-refractivity contribution is 6.31. The zero-order valence-electron chi connectivity index (χ0n) is 11.2. The van der Waals surface area contributed by atoms with E-state index in [0.717, 1.165) is 12.8 Å². The predicted octanol–water partition coefficient (Wildman–Crippen LogP) is 2.82. The highest BCUT2D eigenvalue weighted by Gasteiger charge is 2.30. The lowest BCUT2D eigenvalue weighted by atomic mass is 10.3. The number of halogens is 2. The maximum Gasteiger partial charge on any atom is 0.226 e. The Kier molecular flexibility index (Phi) is 4.60. The quantitative estimate of drug-likeness (QED) is 0.909. The molecule has 1 saturated carbocycles. The number of nitrogens with one attached hydrogen (secondary N) is 1. The summed E-state index contributed by atoms with van der Waals surface area (Å²) in [6.45, 7) is 1.91. The van der Waals surface area contributed by atoms with E-state index in [-0.39, 0.29) is 23.3 Å². The zero-order chi connectivity index (χ0) is 14.7. The van der Waals surface area contributed by atoms with Gasteiger partial charge in [0.05, 0.1) is 5.02 Å². The van der Waals surface area contributed by atoms with Gasteiger partial charge >= 0.3 is 0 Å². The molecule has 0 bridgehead atoms. The average molecular weight is 299 g/mol. The normalized spacial score (nSPS) is 13.9. The number of carbonyl (C=O) groups excluding carboxylic acids is 2. The lowest BCUT2D eigenvalue weighted by Gasteiger charge is -2.20. The highest BCUT2D eigenvalue weighted by atomic mass is 35.5. The Bertz CT molecular complexity index is 532. The minimum Gasteiger partial charge on any atom is -0.339 e. The van der Waals surface area contributed by atoms with Crippen molar-refractivity contribution in [3.8, 4) is 0 Å².